The minimum Gasteiger partial charge on any atom is -0.415 e. The summed E-state index contributed by atoms with van der Waals surface area (Å²) in [7, 11) is -0.974. The fourth-order valence-electron chi connectivity index (χ4n) is 1.90. The molecule has 0 radical (unpaired) electrons. The van der Waals surface area contributed by atoms with Gasteiger partial charge in [-0.15, -0.1) is 0 Å². The van der Waals surface area contributed by atoms with Gasteiger partial charge in [-0.1, -0.05) is 13.8 Å². The van der Waals surface area contributed by atoms with Crippen LogP contribution < -0.4 is 5.19 Å². The largest absolute Gasteiger partial charge is 0.415 e. The third-order valence-electron chi connectivity index (χ3n) is 3.03. The molecule has 0 aliphatic rings. The van der Waals surface area contributed by atoms with Crippen LogP contribution in [0.15, 0.2) is 12.1 Å². The molecule has 1 nitrogen and oxygen atoms in total. The van der Waals surface area contributed by atoms with Crippen LogP contribution >= 0.6 is 0 Å². The van der Waals surface area contributed by atoms with Crippen LogP contribution in [-0.4, -0.2) is 15.4 Å². The highest BCUT2D eigenvalue weighted by Crippen LogP contribution is 2.19. The molecule has 1 aromatic rings. The lowest BCUT2D eigenvalue weighted by atomic mass is 10.3. The molecule has 0 atom stereocenters. The first-order chi connectivity index (χ1) is 7.50. The van der Waals surface area contributed by atoms with Gasteiger partial charge in [0.05, 0.1) is 0 Å². The predicted octanol–water partition coefficient (Wildman–Crippen LogP) is 2.94. The summed E-state index contributed by atoms with van der Waals surface area (Å²) in [5.74, 6) is -2.89. The molecule has 90 valence electrons. The van der Waals surface area contributed by atoms with Gasteiger partial charge in [0.15, 0.2) is 11.6 Å². The summed E-state index contributed by atoms with van der Waals surface area (Å²) in [6, 6.07) is 2.79. The van der Waals surface area contributed by atoms with Crippen LogP contribution in [0.3, 0.4) is 0 Å². The Labute approximate surface area is 94.4 Å². The fraction of sp³-hybridized carbons (Fsp3) is 0.455. The van der Waals surface area contributed by atoms with Gasteiger partial charge in [0.2, 0.25) is 8.32 Å². The average Bonchev–Trinajstić information content (AvgIpc) is 2.28. The Kier molecular flexibility index (Phi) is 4.15. The smallest absolute Gasteiger partial charge is 0.226 e. The topological polar surface area (TPSA) is 9.23 Å². The zero-order chi connectivity index (χ0) is 12.3. The molecular weight excluding hydrogens is 233 g/mol. The molecule has 1 rings (SSSR count). The standard InChI is InChI=1S/C11H15F3OSi/c1-4-16(5-2,15-3)11-7-9(13)8(12)6-10(11)14/h6-7H,4-5H2,1-3H3. The minimum absolute atomic E-state index is 0.207. The first-order valence-corrected chi connectivity index (χ1v) is 7.53. The average molecular weight is 248 g/mol. The second kappa shape index (κ2) is 5.01. The van der Waals surface area contributed by atoms with E-state index >= 15 is 0 Å². The Morgan fingerprint density at radius 2 is 1.50 bits per heavy atom. The van der Waals surface area contributed by atoms with Crippen LogP contribution in [0.2, 0.25) is 12.1 Å². The molecule has 0 saturated heterocycles. The zero-order valence-corrected chi connectivity index (χ0v) is 10.6. The molecule has 0 amide bonds. The molecular formula is C11H15F3OSi. The third-order valence-corrected chi connectivity index (χ3v) is 7.46. The quantitative estimate of drug-likeness (QED) is 0.588. The van der Waals surface area contributed by atoms with E-state index < -0.39 is 25.8 Å². The summed E-state index contributed by atoms with van der Waals surface area (Å²) in [6.45, 7) is 3.75. The third kappa shape index (κ3) is 2.15. The van der Waals surface area contributed by atoms with E-state index in [-0.39, 0.29) is 5.19 Å². The number of halogens is 3. The first kappa shape index (κ1) is 13.3. The second-order valence-electron chi connectivity index (χ2n) is 3.65. The monoisotopic (exact) mass is 248 g/mol. The van der Waals surface area contributed by atoms with Crippen LogP contribution in [0.5, 0.6) is 0 Å². The maximum atomic E-state index is 13.6. The highest BCUT2D eigenvalue weighted by molar-refractivity contribution is 6.86. The van der Waals surface area contributed by atoms with Crippen LogP contribution in [0, 0.1) is 17.5 Å². The predicted molar refractivity (Wildman–Crippen MR) is 59.7 cm³/mol. The lowest BCUT2D eigenvalue weighted by Crippen LogP contribution is -2.50. The highest BCUT2D eigenvalue weighted by Gasteiger charge is 2.35. The van der Waals surface area contributed by atoms with Crippen molar-refractivity contribution in [2.75, 3.05) is 7.11 Å². The van der Waals surface area contributed by atoms with Gasteiger partial charge in [-0.05, 0) is 18.2 Å². The summed E-state index contributed by atoms with van der Waals surface area (Å²) >= 11 is 0. The molecule has 0 aliphatic heterocycles. The lowest BCUT2D eigenvalue weighted by molar-refractivity contribution is 0.402. The van der Waals surface area contributed by atoms with E-state index in [0.717, 1.165) is 6.07 Å². The van der Waals surface area contributed by atoms with Crippen molar-refractivity contribution in [3.8, 4) is 0 Å². The van der Waals surface area contributed by atoms with E-state index in [1.54, 1.807) is 0 Å². The maximum absolute atomic E-state index is 13.6. The number of rotatable bonds is 4. The van der Waals surface area contributed by atoms with E-state index in [0.29, 0.717) is 18.2 Å². The summed E-state index contributed by atoms with van der Waals surface area (Å²) in [4.78, 5) is 0. The van der Waals surface area contributed by atoms with Gasteiger partial charge in [0, 0.05) is 18.4 Å². The molecule has 0 fully saturated rings. The lowest BCUT2D eigenvalue weighted by Gasteiger charge is -2.28. The SMILES string of the molecule is CC[Si](CC)(OC)c1cc(F)c(F)cc1F. The fourth-order valence-corrected chi connectivity index (χ4v) is 4.86. The zero-order valence-electron chi connectivity index (χ0n) is 9.61. The summed E-state index contributed by atoms with van der Waals surface area (Å²) < 4.78 is 45.0. The molecule has 0 bridgehead atoms. The second-order valence-corrected chi connectivity index (χ2v) is 8.00. The summed E-state index contributed by atoms with van der Waals surface area (Å²) in [5, 5.41) is 0.207. The maximum Gasteiger partial charge on any atom is 0.226 e. The van der Waals surface area contributed by atoms with Gasteiger partial charge in [0.25, 0.3) is 0 Å². The van der Waals surface area contributed by atoms with E-state index in [2.05, 4.69) is 0 Å². The molecule has 5 heteroatoms. The Balaban J connectivity index is 3.35. The molecule has 0 aliphatic carbocycles. The normalized spacial score (nSPS) is 11.9. The number of benzene rings is 1. The van der Waals surface area contributed by atoms with E-state index in [4.69, 9.17) is 4.43 Å². The van der Waals surface area contributed by atoms with Crippen molar-refractivity contribution >= 4 is 13.5 Å². The van der Waals surface area contributed by atoms with Gasteiger partial charge >= 0.3 is 0 Å². The van der Waals surface area contributed by atoms with E-state index in [9.17, 15) is 13.2 Å². The van der Waals surface area contributed by atoms with Crippen molar-refractivity contribution in [3.63, 3.8) is 0 Å². The van der Waals surface area contributed by atoms with Gasteiger partial charge in [-0.3, -0.25) is 0 Å². The Morgan fingerprint density at radius 1 is 1.00 bits per heavy atom. The molecule has 0 N–H and O–H groups in total. The Bertz CT molecular complexity index is 369. The van der Waals surface area contributed by atoms with Gasteiger partial charge in [0.1, 0.15) is 5.82 Å². The van der Waals surface area contributed by atoms with E-state index in [1.807, 2.05) is 13.8 Å². The highest BCUT2D eigenvalue weighted by atomic mass is 28.4. The van der Waals surface area contributed by atoms with Gasteiger partial charge < -0.3 is 4.43 Å². The van der Waals surface area contributed by atoms with Crippen molar-refractivity contribution in [2.24, 2.45) is 0 Å². The van der Waals surface area contributed by atoms with Crippen LogP contribution in [0.1, 0.15) is 13.8 Å². The molecule has 0 spiro atoms. The first-order valence-electron chi connectivity index (χ1n) is 5.21. The van der Waals surface area contributed by atoms with Crippen molar-refractivity contribution < 1.29 is 17.6 Å². The molecule has 0 unspecified atom stereocenters. The van der Waals surface area contributed by atoms with Gasteiger partial charge in [-0.2, -0.15) is 0 Å². The van der Waals surface area contributed by atoms with Crippen LogP contribution in [-0.2, 0) is 4.43 Å². The number of hydrogen-bond donors (Lipinski definition) is 0. The Hall–Kier alpha value is -0.813. The Morgan fingerprint density at radius 3 is 1.94 bits per heavy atom. The molecule has 0 heterocycles. The molecule has 0 aromatic heterocycles. The van der Waals surface area contributed by atoms with Crippen LogP contribution in [0.25, 0.3) is 0 Å². The van der Waals surface area contributed by atoms with Crippen LogP contribution in [0.4, 0.5) is 13.2 Å². The van der Waals surface area contributed by atoms with Gasteiger partial charge in [-0.25, -0.2) is 13.2 Å². The van der Waals surface area contributed by atoms with E-state index in [1.165, 1.54) is 7.11 Å². The summed E-state index contributed by atoms with van der Waals surface area (Å²) in [5.41, 5.74) is 0. The molecule has 16 heavy (non-hydrogen) atoms. The molecule has 0 saturated carbocycles. The summed E-state index contributed by atoms with van der Waals surface area (Å²) in [6.07, 6.45) is 0. The minimum atomic E-state index is -2.47. The molecule has 1 aromatic carbocycles. The van der Waals surface area contributed by atoms with Crippen molar-refractivity contribution in [1.29, 1.82) is 0 Å². The number of hydrogen-bond acceptors (Lipinski definition) is 1. The van der Waals surface area contributed by atoms with Crippen molar-refractivity contribution in [2.45, 2.75) is 25.9 Å². The van der Waals surface area contributed by atoms with Crippen molar-refractivity contribution in [1.82, 2.24) is 0 Å². The van der Waals surface area contributed by atoms with Crippen molar-refractivity contribution in [3.05, 3.63) is 29.6 Å².